The highest BCUT2D eigenvalue weighted by Crippen LogP contribution is 2.78. The van der Waals surface area contributed by atoms with Crippen molar-refractivity contribution < 1.29 is 0 Å². The van der Waals surface area contributed by atoms with Crippen LogP contribution in [0.25, 0.3) is 0 Å². The van der Waals surface area contributed by atoms with Crippen molar-refractivity contribution in [2.45, 2.75) is 17.6 Å². The first-order chi connectivity index (χ1) is 5.22. The number of hydrogen-bond acceptors (Lipinski definition) is 0. The molecule has 4 fully saturated rings. The quantitative estimate of drug-likeness (QED) is 0.460. The van der Waals surface area contributed by atoms with Gasteiger partial charge in [-0.1, -0.05) is 0 Å². The van der Waals surface area contributed by atoms with E-state index in [2.05, 4.69) is 0 Å². The molecule has 4 rings (SSSR count). The van der Waals surface area contributed by atoms with Gasteiger partial charge in [0.05, 0.1) is 0 Å². The van der Waals surface area contributed by atoms with E-state index in [1.807, 2.05) is 0 Å². The minimum Gasteiger partial charge on any atom is -0.171 e. The van der Waals surface area contributed by atoms with E-state index in [9.17, 15) is 0 Å². The Morgan fingerprint density at radius 3 is 2.00 bits per heavy atom. The predicted molar refractivity (Wildman–Crippen MR) is 49.4 cm³/mol. The van der Waals surface area contributed by atoms with Crippen LogP contribution in [0.15, 0.2) is 0 Å². The molecule has 0 saturated heterocycles. The van der Waals surface area contributed by atoms with Crippen molar-refractivity contribution in [3.05, 3.63) is 0 Å². The molecular formula is C7H8BCl3. The van der Waals surface area contributed by atoms with Gasteiger partial charge in [0, 0.05) is 5.38 Å². The Morgan fingerprint density at radius 2 is 1.82 bits per heavy atom. The standard InChI is InChI=1S/C7H8BCl3/c9-7-3-1-2-4(5(2)7)6(3)8(10)11/h2-7H,1H2/t2-,3+,4?,5?,6-,7+/m1/s1. The molecular weight excluding hydrogens is 201 g/mol. The highest BCUT2D eigenvalue weighted by molar-refractivity contribution is 7.34. The summed E-state index contributed by atoms with van der Waals surface area (Å²) in [7, 11) is 0. The third kappa shape index (κ3) is 0.715. The summed E-state index contributed by atoms with van der Waals surface area (Å²) in [6, 6.07) is 0. The van der Waals surface area contributed by atoms with Crippen LogP contribution >= 0.6 is 34.5 Å². The molecule has 0 aliphatic heterocycles. The maximum atomic E-state index is 6.22. The monoisotopic (exact) mass is 208 g/mol. The maximum Gasteiger partial charge on any atom is 0.355 e. The van der Waals surface area contributed by atoms with Crippen LogP contribution in [0.1, 0.15) is 6.42 Å². The molecule has 0 aromatic heterocycles. The second-order valence-electron chi connectivity index (χ2n) is 4.07. The summed E-state index contributed by atoms with van der Waals surface area (Å²) in [4.78, 5) is 0. The van der Waals surface area contributed by atoms with Gasteiger partial charge in [-0.15, -0.1) is 11.6 Å². The first-order valence-corrected chi connectivity index (χ1v) is 5.45. The number of hydrogen-bond donors (Lipinski definition) is 0. The molecule has 0 N–H and O–H groups in total. The van der Waals surface area contributed by atoms with E-state index < -0.39 is 0 Å². The van der Waals surface area contributed by atoms with E-state index >= 15 is 0 Å². The smallest absolute Gasteiger partial charge is 0.171 e. The molecule has 0 amide bonds. The van der Waals surface area contributed by atoms with Crippen molar-refractivity contribution in [1.29, 1.82) is 0 Å². The van der Waals surface area contributed by atoms with Crippen LogP contribution in [0, 0.1) is 23.7 Å². The van der Waals surface area contributed by atoms with Gasteiger partial charge in [-0.2, -0.15) is 22.9 Å². The van der Waals surface area contributed by atoms with Crippen LogP contribution in [-0.2, 0) is 0 Å². The topological polar surface area (TPSA) is 0 Å². The SMILES string of the molecule is ClB(Cl)[C@H]1C2C3[C@@H]2C[C@@H]1[C@@H]3Cl. The summed E-state index contributed by atoms with van der Waals surface area (Å²) in [5, 5.41) is 0.398. The third-order valence-electron chi connectivity index (χ3n) is 3.84. The largest absolute Gasteiger partial charge is 0.355 e. The van der Waals surface area contributed by atoms with Gasteiger partial charge in [0.25, 0.3) is 0 Å². The van der Waals surface area contributed by atoms with E-state index in [1.165, 1.54) is 6.42 Å². The van der Waals surface area contributed by atoms with Crippen LogP contribution in [-0.4, -0.2) is 10.9 Å². The van der Waals surface area contributed by atoms with E-state index in [0.29, 0.717) is 17.1 Å². The van der Waals surface area contributed by atoms with E-state index in [1.54, 1.807) is 0 Å². The molecule has 4 aliphatic carbocycles. The molecule has 0 aromatic carbocycles. The maximum absolute atomic E-state index is 6.22. The molecule has 6 atom stereocenters. The van der Waals surface area contributed by atoms with E-state index in [4.69, 9.17) is 34.5 Å². The van der Waals surface area contributed by atoms with Gasteiger partial charge in [0.15, 0.2) is 0 Å². The fourth-order valence-electron chi connectivity index (χ4n) is 3.47. The highest BCUT2D eigenvalue weighted by Gasteiger charge is 2.74. The Labute approximate surface area is 81.5 Å². The molecule has 0 spiro atoms. The Bertz CT molecular complexity index is 208. The van der Waals surface area contributed by atoms with Gasteiger partial charge in [0.2, 0.25) is 0 Å². The van der Waals surface area contributed by atoms with Crippen LogP contribution in [0.5, 0.6) is 0 Å². The average Bonchev–Trinajstić information content (AvgIpc) is 2.33. The molecule has 2 unspecified atom stereocenters. The van der Waals surface area contributed by atoms with Gasteiger partial charge in [-0.05, 0) is 35.9 Å². The molecule has 4 aliphatic rings. The van der Waals surface area contributed by atoms with Gasteiger partial charge in [0.1, 0.15) is 0 Å². The molecule has 4 saturated carbocycles. The summed E-state index contributed by atoms with van der Waals surface area (Å²) in [5.74, 6) is 3.63. The van der Waals surface area contributed by atoms with Crippen LogP contribution in [0.3, 0.4) is 0 Å². The van der Waals surface area contributed by atoms with Gasteiger partial charge < -0.3 is 0 Å². The lowest BCUT2D eigenvalue weighted by Crippen LogP contribution is -2.15. The Balaban J connectivity index is 1.92. The molecule has 0 nitrogen and oxygen atoms in total. The van der Waals surface area contributed by atoms with Gasteiger partial charge in [-0.25, -0.2) is 0 Å². The zero-order valence-corrected chi connectivity index (χ0v) is 8.15. The van der Waals surface area contributed by atoms with E-state index in [0.717, 1.165) is 17.8 Å². The summed E-state index contributed by atoms with van der Waals surface area (Å²) in [5.41, 5.74) is -0.177. The minimum atomic E-state index is -0.177. The molecule has 0 heterocycles. The van der Waals surface area contributed by atoms with Crippen LogP contribution in [0.4, 0.5) is 0 Å². The normalized spacial score (nSPS) is 63.5. The minimum absolute atomic E-state index is 0.177. The summed E-state index contributed by atoms with van der Waals surface area (Å²) >= 11 is 18.0. The van der Waals surface area contributed by atoms with Crippen LogP contribution in [0.2, 0.25) is 5.82 Å². The second kappa shape index (κ2) is 2.05. The molecule has 11 heavy (non-hydrogen) atoms. The molecule has 0 aromatic rings. The van der Waals surface area contributed by atoms with Gasteiger partial charge >= 0.3 is 5.54 Å². The lowest BCUT2D eigenvalue weighted by Gasteiger charge is -2.14. The Hall–Kier alpha value is 0.935. The molecule has 0 radical (unpaired) electrons. The average molecular weight is 209 g/mol. The summed E-state index contributed by atoms with van der Waals surface area (Å²) < 4.78 is 0. The van der Waals surface area contributed by atoms with Crippen molar-refractivity contribution >= 4 is 40.1 Å². The van der Waals surface area contributed by atoms with Gasteiger partial charge in [-0.3, -0.25) is 0 Å². The molecule has 4 bridgehead atoms. The number of rotatable bonds is 1. The van der Waals surface area contributed by atoms with Crippen molar-refractivity contribution in [2.24, 2.45) is 23.7 Å². The fourth-order valence-corrected chi connectivity index (χ4v) is 4.81. The third-order valence-corrected chi connectivity index (χ3v) is 5.04. The van der Waals surface area contributed by atoms with Crippen LogP contribution < -0.4 is 0 Å². The zero-order valence-electron chi connectivity index (χ0n) is 5.88. The zero-order chi connectivity index (χ0) is 7.75. The molecule has 60 valence electrons. The first kappa shape index (κ1) is 7.35. The Morgan fingerprint density at radius 1 is 1.09 bits per heavy atom. The lowest BCUT2D eigenvalue weighted by atomic mass is 9.77. The fraction of sp³-hybridized carbons (Fsp3) is 1.00. The number of alkyl halides is 1. The highest BCUT2D eigenvalue weighted by atomic mass is 35.5. The lowest BCUT2D eigenvalue weighted by molar-refractivity contribution is 0.606. The van der Waals surface area contributed by atoms with Crippen molar-refractivity contribution in [1.82, 2.24) is 0 Å². The summed E-state index contributed by atoms with van der Waals surface area (Å²) in [6.07, 6.45) is 1.30. The van der Waals surface area contributed by atoms with E-state index in [-0.39, 0.29) is 5.54 Å². The Kier molecular flexibility index (Phi) is 1.37. The van der Waals surface area contributed by atoms with Crippen molar-refractivity contribution in [3.8, 4) is 0 Å². The second-order valence-corrected chi connectivity index (χ2v) is 5.74. The predicted octanol–water partition coefficient (Wildman–Crippen LogP) is 2.83. The molecule has 4 heteroatoms. The van der Waals surface area contributed by atoms with Crippen molar-refractivity contribution in [2.75, 3.05) is 0 Å². The number of halogens is 3. The van der Waals surface area contributed by atoms with Crippen molar-refractivity contribution in [3.63, 3.8) is 0 Å². The first-order valence-electron chi connectivity index (χ1n) is 4.14. The summed E-state index contributed by atoms with van der Waals surface area (Å²) in [6.45, 7) is 0.